The molecule has 1 heterocycles. The summed E-state index contributed by atoms with van der Waals surface area (Å²) in [4.78, 5) is 8.08. The van der Waals surface area contributed by atoms with Gasteiger partial charge >= 0.3 is 0 Å². The van der Waals surface area contributed by atoms with E-state index in [0.717, 1.165) is 22.9 Å². The maximum Gasteiger partial charge on any atom is 0.221 e. The monoisotopic (exact) mass is 255 g/mol. The molecule has 1 aromatic carbocycles. The second kappa shape index (κ2) is 4.67. The number of hydrogen-bond acceptors (Lipinski definition) is 4. The highest BCUT2D eigenvalue weighted by molar-refractivity contribution is 7.99. The average molecular weight is 256 g/mol. The number of benzene rings is 1. The summed E-state index contributed by atoms with van der Waals surface area (Å²) >= 11 is 7.07. The Morgan fingerprint density at radius 3 is 2.81 bits per heavy atom. The molecule has 0 atom stereocenters. The molecule has 0 fully saturated rings. The number of nitrogen functional groups attached to an aromatic ring is 1. The summed E-state index contributed by atoms with van der Waals surface area (Å²) in [7, 11) is 0. The van der Waals surface area contributed by atoms with E-state index in [1.54, 1.807) is 18.2 Å². The van der Waals surface area contributed by atoms with Gasteiger partial charge in [-0.05, 0) is 12.1 Å². The van der Waals surface area contributed by atoms with Gasteiger partial charge < -0.3 is 5.73 Å². The predicted octanol–water partition coefficient (Wildman–Crippen LogP) is 3.00. The van der Waals surface area contributed by atoms with Gasteiger partial charge in [-0.2, -0.15) is 0 Å². The van der Waals surface area contributed by atoms with Gasteiger partial charge in [-0.25, -0.2) is 14.4 Å². The zero-order valence-corrected chi connectivity index (χ0v) is 9.60. The number of rotatable bonds is 2. The molecule has 82 valence electrons. The third kappa shape index (κ3) is 2.43. The Labute approximate surface area is 101 Å². The van der Waals surface area contributed by atoms with Gasteiger partial charge in [0.1, 0.15) is 5.03 Å². The van der Waals surface area contributed by atoms with Crippen LogP contribution in [0.2, 0.25) is 5.02 Å². The molecule has 0 saturated carbocycles. The molecule has 0 saturated heterocycles. The van der Waals surface area contributed by atoms with Gasteiger partial charge in [0.15, 0.2) is 5.82 Å². The number of halogens is 2. The second-order valence-corrected chi connectivity index (χ2v) is 4.35. The van der Waals surface area contributed by atoms with Crippen molar-refractivity contribution in [1.82, 2.24) is 9.97 Å². The molecule has 0 unspecified atom stereocenters. The zero-order chi connectivity index (χ0) is 11.5. The summed E-state index contributed by atoms with van der Waals surface area (Å²) in [5.41, 5.74) is 5.38. The van der Waals surface area contributed by atoms with Gasteiger partial charge in [0.05, 0.1) is 11.2 Å². The van der Waals surface area contributed by atoms with Gasteiger partial charge in [0, 0.05) is 4.90 Å². The molecule has 0 amide bonds. The minimum Gasteiger partial charge on any atom is -0.368 e. The third-order valence-corrected chi connectivity index (χ3v) is 3.27. The molecule has 16 heavy (non-hydrogen) atoms. The molecule has 6 heteroatoms. The molecule has 3 nitrogen and oxygen atoms in total. The van der Waals surface area contributed by atoms with Crippen LogP contribution in [0, 0.1) is 5.82 Å². The van der Waals surface area contributed by atoms with E-state index in [1.807, 2.05) is 6.07 Å². The van der Waals surface area contributed by atoms with Crippen LogP contribution < -0.4 is 5.73 Å². The molecule has 2 aromatic rings. The first-order chi connectivity index (χ1) is 7.66. The first-order valence-corrected chi connectivity index (χ1v) is 5.56. The lowest BCUT2D eigenvalue weighted by Gasteiger charge is -2.04. The highest BCUT2D eigenvalue weighted by Crippen LogP contribution is 2.33. The largest absolute Gasteiger partial charge is 0.368 e. The van der Waals surface area contributed by atoms with Gasteiger partial charge in [-0.3, -0.25) is 0 Å². The lowest BCUT2D eigenvalue weighted by molar-refractivity contribution is 0.580. The standard InChI is InChI=1S/C10H7ClFN3S/c11-6-3-1-2-4-8(6)16-9-7(12)5-14-10(13)15-9/h1-5H,(H2,13,14,15). The van der Waals surface area contributed by atoms with Crippen LogP contribution in [0.15, 0.2) is 40.4 Å². The van der Waals surface area contributed by atoms with E-state index in [-0.39, 0.29) is 11.0 Å². The van der Waals surface area contributed by atoms with Gasteiger partial charge in [-0.15, -0.1) is 0 Å². The van der Waals surface area contributed by atoms with E-state index in [2.05, 4.69) is 9.97 Å². The Bertz CT molecular complexity index is 521. The highest BCUT2D eigenvalue weighted by atomic mass is 35.5. The lowest BCUT2D eigenvalue weighted by atomic mass is 10.4. The zero-order valence-electron chi connectivity index (χ0n) is 8.02. The normalized spacial score (nSPS) is 10.4. The summed E-state index contributed by atoms with van der Waals surface area (Å²) in [6.07, 6.45) is 1.04. The van der Waals surface area contributed by atoms with Crippen LogP contribution in [0.4, 0.5) is 10.3 Å². The Kier molecular flexibility index (Phi) is 3.26. The van der Waals surface area contributed by atoms with Gasteiger partial charge in [-0.1, -0.05) is 35.5 Å². The number of aromatic nitrogens is 2. The Balaban J connectivity index is 2.34. The molecule has 0 bridgehead atoms. The fourth-order valence-electron chi connectivity index (χ4n) is 1.07. The molecule has 0 aliphatic carbocycles. The van der Waals surface area contributed by atoms with Crippen LogP contribution in [0.3, 0.4) is 0 Å². The number of hydrogen-bond donors (Lipinski definition) is 1. The van der Waals surface area contributed by atoms with Crippen LogP contribution in [0.1, 0.15) is 0 Å². The van der Waals surface area contributed by atoms with Crippen LogP contribution in [0.5, 0.6) is 0 Å². The Morgan fingerprint density at radius 1 is 1.31 bits per heavy atom. The Hall–Kier alpha value is -1.33. The van der Waals surface area contributed by atoms with Crippen molar-refractivity contribution in [3.05, 3.63) is 41.3 Å². The van der Waals surface area contributed by atoms with Gasteiger partial charge in [0.2, 0.25) is 5.95 Å². The van der Waals surface area contributed by atoms with Crippen molar-refractivity contribution in [1.29, 1.82) is 0 Å². The summed E-state index contributed by atoms with van der Waals surface area (Å²) < 4.78 is 13.3. The molecular formula is C10H7ClFN3S. The van der Waals surface area contributed by atoms with Crippen LogP contribution in [0.25, 0.3) is 0 Å². The quantitative estimate of drug-likeness (QED) is 0.838. The maximum atomic E-state index is 13.3. The minimum atomic E-state index is -0.515. The van der Waals surface area contributed by atoms with E-state index >= 15 is 0 Å². The molecular weight excluding hydrogens is 249 g/mol. The average Bonchev–Trinajstić information content (AvgIpc) is 2.27. The third-order valence-electron chi connectivity index (χ3n) is 1.77. The van der Waals surface area contributed by atoms with Crippen molar-refractivity contribution in [2.45, 2.75) is 9.92 Å². The van der Waals surface area contributed by atoms with E-state index in [4.69, 9.17) is 17.3 Å². The van der Waals surface area contributed by atoms with Crippen molar-refractivity contribution in [3.63, 3.8) is 0 Å². The Morgan fingerprint density at radius 2 is 2.06 bits per heavy atom. The molecule has 0 radical (unpaired) electrons. The van der Waals surface area contributed by atoms with Crippen molar-refractivity contribution in [3.8, 4) is 0 Å². The summed E-state index contributed by atoms with van der Waals surface area (Å²) in [5.74, 6) is -0.477. The molecule has 2 N–H and O–H groups in total. The first-order valence-electron chi connectivity index (χ1n) is 4.37. The van der Waals surface area contributed by atoms with Crippen molar-refractivity contribution in [2.75, 3.05) is 5.73 Å². The van der Waals surface area contributed by atoms with E-state index < -0.39 is 5.82 Å². The fraction of sp³-hybridized carbons (Fsp3) is 0. The predicted molar refractivity (Wildman–Crippen MR) is 62.0 cm³/mol. The molecule has 0 aliphatic rings. The molecule has 1 aromatic heterocycles. The van der Waals surface area contributed by atoms with Crippen molar-refractivity contribution < 1.29 is 4.39 Å². The van der Waals surface area contributed by atoms with Crippen molar-refractivity contribution >= 4 is 29.3 Å². The van der Waals surface area contributed by atoms with Gasteiger partial charge in [0.25, 0.3) is 0 Å². The topological polar surface area (TPSA) is 51.8 Å². The minimum absolute atomic E-state index is 0.0379. The van der Waals surface area contributed by atoms with Crippen LogP contribution >= 0.6 is 23.4 Å². The second-order valence-electron chi connectivity index (χ2n) is 2.91. The first kappa shape index (κ1) is 11.2. The van der Waals surface area contributed by atoms with Crippen molar-refractivity contribution in [2.24, 2.45) is 0 Å². The number of nitrogens with two attached hydrogens (primary N) is 1. The maximum absolute atomic E-state index is 13.3. The van der Waals surface area contributed by atoms with E-state index in [0.29, 0.717) is 5.02 Å². The highest BCUT2D eigenvalue weighted by Gasteiger charge is 2.09. The van der Waals surface area contributed by atoms with Crippen LogP contribution in [-0.4, -0.2) is 9.97 Å². The summed E-state index contributed by atoms with van der Waals surface area (Å²) in [6, 6.07) is 7.13. The fourth-order valence-corrected chi connectivity index (χ4v) is 2.13. The number of anilines is 1. The molecule has 0 spiro atoms. The SMILES string of the molecule is Nc1ncc(F)c(Sc2ccccc2Cl)n1. The lowest BCUT2D eigenvalue weighted by Crippen LogP contribution is -1.97. The molecule has 0 aliphatic heterocycles. The summed E-state index contributed by atoms with van der Waals surface area (Å²) in [6.45, 7) is 0. The smallest absolute Gasteiger partial charge is 0.221 e. The van der Waals surface area contributed by atoms with E-state index in [1.165, 1.54) is 0 Å². The number of nitrogens with zero attached hydrogens (tertiary/aromatic N) is 2. The summed E-state index contributed by atoms with van der Waals surface area (Å²) in [5, 5.41) is 0.713. The van der Waals surface area contributed by atoms with E-state index in [9.17, 15) is 4.39 Å². The van der Waals surface area contributed by atoms with Crippen LogP contribution in [-0.2, 0) is 0 Å². The molecule has 2 rings (SSSR count).